The summed E-state index contributed by atoms with van der Waals surface area (Å²) in [7, 11) is 0. The molecule has 1 aromatic carbocycles. The molecule has 0 saturated carbocycles. The van der Waals surface area contributed by atoms with Gasteiger partial charge in [0.15, 0.2) is 0 Å². The quantitative estimate of drug-likeness (QED) is 0.571. The molecule has 0 radical (unpaired) electrons. The molecule has 1 aromatic rings. The van der Waals surface area contributed by atoms with Gasteiger partial charge in [0, 0.05) is 0 Å². The highest BCUT2D eigenvalue weighted by molar-refractivity contribution is 5.62. The maximum atomic E-state index is 4.13. The molecule has 0 amide bonds. The van der Waals surface area contributed by atoms with Gasteiger partial charge in [-0.05, 0) is 49.0 Å². The lowest BCUT2D eigenvalue weighted by Crippen LogP contribution is -1.88. The van der Waals surface area contributed by atoms with Gasteiger partial charge in [0.05, 0.1) is 0 Å². The zero-order valence-corrected chi connectivity index (χ0v) is 13.5. The molecule has 0 fully saturated rings. The lowest BCUT2D eigenvalue weighted by molar-refractivity contribution is 0.795. The van der Waals surface area contributed by atoms with Crippen molar-refractivity contribution in [1.29, 1.82) is 0 Å². The van der Waals surface area contributed by atoms with Gasteiger partial charge < -0.3 is 0 Å². The van der Waals surface area contributed by atoms with Crippen LogP contribution in [0.3, 0.4) is 0 Å². The molecule has 0 spiro atoms. The van der Waals surface area contributed by atoms with Gasteiger partial charge in [-0.3, -0.25) is 0 Å². The Kier molecular flexibility index (Phi) is 5.76. The van der Waals surface area contributed by atoms with E-state index in [-0.39, 0.29) is 0 Å². The first-order valence-corrected chi connectivity index (χ1v) is 7.13. The van der Waals surface area contributed by atoms with Crippen LogP contribution >= 0.6 is 0 Å². The number of benzene rings is 1. The number of hydrogen-bond donors (Lipinski definition) is 0. The van der Waals surface area contributed by atoms with Gasteiger partial charge in [0.25, 0.3) is 0 Å². The molecule has 0 saturated heterocycles. The van der Waals surface area contributed by atoms with Crippen molar-refractivity contribution >= 4 is 6.08 Å². The van der Waals surface area contributed by atoms with E-state index in [9.17, 15) is 0 Å². The van der Waals surface area contributed by atoms with Crippen LogP contribution in [-0.2, 0) is 0 Å². The summed E-state index contributed by atoms with van der Waals surface area (Å²) in [5.74, 6) is 0.475. The second kappa shape index (κ2) is 7.09. The summed E-state index contributed by atoms with van der Waals surface area (Å²) in [6.07, 6.45) is 6.31. The highest BCUT2D eigenvalue weighted by Crippen LogP contribution is 2.19. The first-order valence-electron chi connectivity index (χ1n) is 7.13. The lowest BCUT2D eigenvalue weighted by Gasteiger charge is -2.06. The summed E-state index contributed by atoms with van der Waals surface area (Å²) in [6.45, 7) is 18.8. The van der Waals surface area contributed by atoms with Crippen LogP contribution in [0, 0.1) is 19.8 Å². The van der Waals surface area contributed by atoms with Crippen molar-refractivity contribution in [3.05, 3.63) is 76.9 Å². The molecule has 0 N–H and O–H groups in total. The minimum atomic E-state index is 0.475. The molecule has 106 valence electrons. The standard InChI is InChI=1S/C20H26/c1-14(2)16(4)9-10-17(5)18(6)13-20-11-8-15(3)12-19(20)7/h8-14H,4-5H2,1-3,6-7H3/b10-9-,18-13+. The Labute approximate surface area is 124 Å². The third kappa shape index (κ3) is 4.70. The van der Waals surface area contributed by atoms with Gasteiger partial charge >= 0.3 is 0 Å². The molecule has 0 heteroatoms. The van der Waals surface area contributed by atoms with Gasteiger partial charge in [-0.2, -0.15) is 0 Å². The van der Waals surface area contributed by atoms with Crippen LogP contribution in [0.15, 0.2) is 60.2 Å². The summed E-state index contributed by atoms with van der Waals surface area (Å²) in [6, 6.07) is 6.52. The van der Waals surface area contributed by atoms with Crippen LogP contribution in [0.4, 0.5) is 0 Å². The average Bonchev–Trinajstić information content (AvgIpc) is 2.38. The Morgan fingerprint density at radius 3 is 2.30 bits per heavy atom. The molecule has 0 aliphatic carbocycles. The number of aryl methyl sites for hydroxylation is 2. The maximum absolute atomic E-state index is 4.13. The molecule has 1 rings (SSSR count). The fourth-order valence-corrected chi connectivity index (χ4v) is 1.85. The zero-order chi connectivity index (χ0) is 15.3. The maximum Gasteiger partial charge on any atom is -0.0224 e. The fraction of sp³-hybridized carbons (Fsp3) is 0.300. The highest BCUT2D eigenvalue weighted by atomic mass is 14.0. The zero-order valence-electron chi connectivity index (χ0n) is 13.5. The van der Waals surface area contributed by atoms with Gasteiger partial charge in [-0.25, -0.2) is 0 Å². The van der Waals surface area contributed by atoms with Crippen LogP contribution in [0.5, 0.6) is 0 Å². The molecular formula is C20H26. The van der Waals surface area contributed by atoms with Gasteiger partial charge in [0.2, 0.25) is 0 Å². The molecule has 0 aliphatic heterocycles. The number of hydrogen-bond acceptors (Lipinski definition) is 0. The van der Waals surface area contributed by atoms with E-state index in [2.05, 4.69) is 84.2 Å². The lowest BCUT2D eigenvalue weighted by atomic mass is 9.99. The van der Waals surface area contributed by atoms with Gasteiger partial charge in [-0.15, -0.1) is 0 Å². The Hall–Kier alpha value is -1.82. The third-order valence-electron chi connectivity index (χ3n) is 3.54. The number of rotatable bonds is 5. The Bertz CT molecular complexity index is 566. The smallest absolute Gasteiger partial charge is 0.0224 e. The summed E-state index contributed by atoms with van der Waals surface area (Å²) >= 11 is 0. The Balaban J connectivity index is 2.88. The van der Waals surface area contributed by atoms with Crippen LogP contribution in [-0.4, -0.2) is 0 Å². The largest absolute Gasteiger partial charge is 0.0956 e. The topological polar surface area (TPSA) is 0 Å². The number of allylic oxidation sites excluding steroid dienone is 5. The second-order valence-corrected chi connectivity index (χ2v) is 5.78. The minimum absolute atomic E-state index is 0.475. The fourth-order valence-electron chi connectivity index (χ4n) is 1.85. The van der Waals surface area contributed by atoms with Crippen LogP contribution in [0.1, 0.15) is 37.5 Å². The van der Waals surface area contributed by atoms with Gasteiger partial charge in [-0.1, -0.05) is 74.6 Å². The van der Waals surface area contributed by atoms with Crippen LogP contribution in [0.2, 0.25) is 0 Å². The minimum Gasteiger partial charge on any atom is -0.0956 e. The van der Waals surface area contributed by atoms with E-state index in [0.29, 0.717) is 5.92 Å². The van der Waals surface area contributed by atoms with E-state index < -0.39 is 0 Å². The van der Waals surface area contributed by atoms with Crippen LogP contribution in [0.25, 0.3) is 6.08 Å². The van der Waals surface area contributed by atoms with Crippen molar-refractivity contribution in [2.75, 3.05) is 0 Å². The van der Waals surface area contributed by atoms with E-state index >= 15 is 0 Å². The molecule has 0 atom stereocenters. The monoisotopic (exact) mass is 266 g/mol. The van der Waals surface area contributed by atoms with E-state index in [1.807, 2.05) is 0 Å². The first kappa shape index (κ1) is 16.2. The SMILES string of the molecule is C=C(/C=C\C(=C)C(C)C)/C(C)=C/c1ccc(C)cc1C. The molecule has 0 heterocycles. The second-order valence-electron chi connectivity index (χ2n) is 5.78. The predicted octanol–water partition coefficient (Wildman–Crippen LogP) is 6.03. The van der Waals surface area contributed by atoms with Crippen molar-refractivity contribution in [2.24, 2.45) is 5.92 Å². The average molecular weight is 266 g/mol. The summed E-state index contributed by atoms with van der Waals surface area (Å²) in [5.41, 5.74) is 7.20. The highest BCUT2D eigenvalue weighted by Gasteiger charge is 1.99. The van der Waals surface area contributed by atoms with Crippen molar-refractivity contribution in [1.82, 2.24) is 0 Å². The third-order valence-corrected chi connectivity index (χ3v) is 3.54. The molecule has 20 heavy (non-hydrogen) atoms. The van der Waals surface area contributed by atoms with Crippen LogP contribution < -0.4 is 0 Å². The molecule has 0 aromatic heterocycles. The molecule has 0 bridgehead atoms. The first-order chi connectivity index (χ1) is 9.31. The van der Waals surface area contributed by atoms with Crippen molar-refractivity contribution in [3.8, 4) is 0 Å². The molecule has 0 aliphatic rings. The van der Waals surface area contributed by atoms with E-state index in [4.69, 9.17) is 0 Å². The Morgan fingerprint density at radius 1 is 1.10 bits per heavy atom. The Morgan fingerprint density at radius 2 is 1.75 bits per heavy atom. The van der Waals surface area contributed by atoms with Gasteiger partial charge in [0.1, 0.15) is 0 Å². The molecule has 0 nitrogen and oxygen atoms in total. The van der Waals surface area contributed by atoms with E-state index in [0.717, 1.165) is 11.1 Å². The van der Waals surface area contributed by atoms with E-state index in [1.54, 1.807) is 0 Å². The predicted molar refractivity (Wildman–Crippen MR) is 91.8 cm³/mol. The summed E-state index contributed by atoms with van der Waals surface area (Å²) in [4.78, 5) is 0. The van der Waals surface area contributed by atoms with Crippen molar-refractivity contribution < 1.29 is 0 Å². The normalized spacial score (nSPS) is 12.2. The summed E-state index contributed by atoms with van der Waals surface area (Å²) in [5, 5.41) is 0. The van der Waals surface area contributed by atoms with E-state index in [1.165, 1.54) is 22.3 Å². The molecular weight excluding hydrogens is 240 g/mol. The summed E-state index contributed by atoms with van der Waals surface area (Å²) < 4.78 is 0. The van der Waals surface area contributed by atoms with Crippen molar-refractivity contribution in [2.45, 2.75) is 34.6 Å². The molecule has 0 unspecified atom stereocenters. The van der Waals surface area contributed by atoms with Crippen molar-refractivity contribution in [3.63, 3.8) is 0 Å².